The molecule has 1 aromatic heterocycles. The fourth-order valence-electron chi connectivity index (χ4n) is 0.739. The Labute approximate surface area is 79.8 Å². The van der Waals surface area contributed by atoms with Crippen LogP contribution in [-0.2, 0) is 9.53 Å². The quantitative estimate of drug-likeness (QED) is 0.498. The molecule has 0 fully saturated rings. The van der Waals surface area contributed by atoms with Gasteiger partial charge in [-0.15, -0.1) is 0 Å². The molecule has 5 nitrogen and oxygen atoms in total. The predicted molar refractivity (Wildman–Crippen MR) is 46.1 cm³/mol. The lowest BCUT2D eigenvalue weighted by Crippen LogP contribution is -2.06. The van der Waals surface area contributed by atoms with Gasteiger partial charge < -0.3 is 14.9 Å². The molecule has 0 aliphatic carbocycles. The summed E-state index contributed by atoms with van der Waals surface area (Å²) in [6.45, 7) is 0. The fourth-order valence-corrected chi connectivity index (χ4v) is 0.739. The number of furan rings is 1. The SMILES string of the molecule is COC(=O)c1ccc(C#CC(N)=O)o1. The average Bonchev–Trinajstić information content (AvgIpc) is 2.62. The zero-order valence-corrected chi connectivity index (χ0v) is 7.37. The van der Waals surface area contributed by atoms with Gasteiger partial charge in [0.05, 0.1) is 7.11 Å². The summed E-state index contributed by atoms with van der Waals surface area (Å²) >= 11 is 0. The molecule has 0 saturated carbocycles. The molecule has 1 rings (SSSR count). The molecule has 0 unspecified atom stereocenters. The molecule has 0 aliphatic heterocycles. The summed E-state index contributed by atoms with van der Waals surface area (Å²) in [6.07, 6.45) is 0. The molecule has 0 atom stereocenters. The number of rotatable bonds is 1. The summed E-state index contributed by atoms with van der Waals surface area (Å²) < 4.78 is 9.33. The van der Waals surface area contributed by atoms with E-state index in [1.54, 1.807) is 0 Å². The lowest BCUT2D eigenvalue weighted by molar-refractivity contribution is -0.112. The number of nitrogens with two attached hydrogens (primary N) is 1. The van der Waals surface area contributed by atoms with E-state index < -0.39 is 11.9 Å². The highest BCUT2D eigenvalue weighted by Gasteiger charge is 2.09. The van der Waals surface area contributed by atoms with Crippen LogP contribution in [0.5, 0.6) is 0 Å². The summed E-state index contributed by atoms with van der Waals surface area (Å²) in [6, 6.07) is 2.85. The van der Waals surface area contributed by atoms with E-state index in [0.717, 1.165) is 0 Å². The van der Waals surface area contributed by atoms with Crippen molar-refractivity contribution in [1.82, 2.24) is 0 Å². The van der Waals surface area contributed by atoms with Crippen LogP contribution in [0, 0.1) is 11.8 Å². The van der Waals surface area contributed by atoms with Crippen LogP contribution in [0.25, 0.3) is 0 Å². The first kappa shape index (κ1) is 9.86. The van der Waals surface area contributed by atoms with Gasteiger partial charge in [-0.2, -0.15) is 0 Å². The second-order valence-corrected chi connectivity index (χ2v) is 2.27. The molecule has 14 heavy (non-hydrogen) atoms. The van der Waals surface area contributed by atoms with Crippen molar-refractivity contribution >= 4 is 11.9 Å². The van der Waals surface area contributed by atoms with E-state index in [2.05, 4.69) is 16.6 Å². The third-order valence-electron chi connectivity index (χ3n) is 1.30. The Hall–Kier alpha value is -2.22. The second-order valence-electron chi connectivity index (χ2n) is 2.27. The van der Waals surface area contributed by atoms with Crippen LogP contribution in [0.2, 0.25) is 0 Å². The van der Waals surface area contributed by atoms with Gasteiger partial charge in [0.2, 0.25) is 5.76 Å². The molecule has 72 valence electrons. The van der Waals surface area contributed by atoms with Gasteiger partial charge in [0, 0.05) is 5.92 Å². The van der Waals surface area contributed by atoms with Crippen molar-refractivity contribution < 1.29 is 18.7 Å². The maximum absolute atomic E-state index is 10.9. The minimum Gasteiger partial charge on any atom is -0.463 e. The molecule has 0 aliphatic rings. The van der Waals surface area contributed by atoms with Crippen LogP contribution in [0.15, 0.2) is 16.5 Å². The number of ether oxygens (including phenoxy) is 1. The first-order valence-corrected chi connectivity index (χ1v) is 3.63. The maximum Gasteiger partial charge on any atom is 0.374 e. The van der Waals surface area contributed by atoms with Gasteiger partial charge in [-0.25, -0.2) is 4.79 Å². The lowest BCUT2D eigenvalue weighted by atomic mass is 10.4. The summed E-state index contributed by atoms with van der Waals surface area (Å²) in [5, 5.41) is 0. The normalized spacial score (nSPS) is 8.64. The van der Waals surface area contributed by atoms with Crippen molar-refractivity contribution in [3.8, 4) is 11.8 Å². The van der Waals surface area contributed by atoms with Gasteiger partial charge in [-0.1, -0.05) is 0 Å². The first-order valence-electron chi connectivity index (χ1n) is 3.63. The number of hydrogen-bond acceptors (Lipinski definition) is 4. The largest absolute Gasteiger partial charge is 0.463 e. The molecule has 1 heterocycles. The van der Waals surface area contributed by atoms with E-state index in [1.165, 1.54) is 19.2 Å². The van der Waals surface area contributed by atoms with Crippen molar-refractivity contribution in [3.63, 3.8) is 0 Å². The number of amides is 1. The zero-order chi connectivity index (χ0) is 10.6. The van der Waals surface area contributed by atoms with Crippen LogP contribution in [0.4, 0.5) is 0 Å². The summed E-state index contributed by atoms with van der Waals surface area (Å²) in [5.74, 6) is 3.27. The number of carbonyl (C=O) groups excluding carboxylic acids is 2. The van der Waals surface area contributed by atoms with Crippen LogP contribution < -0.4 is 5.73 Å². The van der Waals surface area contributed by atoms with E-state index in [0.29, 0.717) is 0 Å². The summed E-state index contributed by atoms with van der Waals surface area (Å²) in [7, 11) is 1.24. The molecular formula is C9H7NO4. The smallest absolute Gasteiger partial charge is 0.374 e. The molecule has 0 saturated heterocycles. The topological polar surface area (TPSA) is 82.5 Å². The first-order chi connectivity index (χ1) is 6.63. The highest BCUT2D eigenvalue weighted by molar-refractivity contribution is 5.92. The minimum absolute atomic E-state index is 0.0290. The molecular weight excluding hydrogens is 186 g/mol. The number of hydrogen-bond donors (Lipinski definition) is 1. The van der Waals surface area contributed by atoms with Gasteiger partial charge >= 0.3 is 5.97 Å². The molecule has 0 aromatic carbocycles. The number of primary amides is 1. The van der Waals surface area contributed by atoms with Gasteiger partial charge in [-0.05, 0) is 18.1 Å². The van der Waals surface area contributed by atoms with E-state index in [1.807, 2.05) is 0 Å². The van der Waals surface area contributed by atoms with Crippen LogP contribution in [0.3, 0.4) is 0 Å². The van der Waals surface area contributed by atoms with Gasteiger partial charge in [0.1, 0.15) is 0 Å². The minimum atomic E-state index is -0.763. The Morgan fingerprint density at radius 2 is 2.21 bits per heavy atom. The second kappa shape index (κ2) is 4.14. The molecule has 0 spiro atoms. The molecule has 1 amide bonds. The predicted octanol–water partition coefficient (Wildman–Crippen LogP) is -0.0970. The van der Waals surface area contributed by atoms with E-state index in [4.69, 9.17) is 10.2 Å². The van der Waals surface area contributed by atoms with Gasteiger partial charge in [-0.3, -0.25) is 4.79 Å². The van der Waals surface area contributed by atoms with Gasteiger partial charge in [0.25, 0.3) is 5.91 Å². The van der Waals surface area contributed by atoms with Crippen molar-refractivity contribution in [2.45, 2.75) is 0 Å². The lowest BCUT2D eigenvalue weighted by Gasteiger charge is -1.90. The Balaban J connectivity index is 2.85. The molecule has 0 bridgehead atoms. The third kappa shape index (κ3) is 2.38. The Bertz CT molecular complexity index is 422. The average molecular weight is 193 g/mol. The molecule has 0 radical (unpaired) electrons. The molecule has 1 aromatic rings. The molecule has 2 N–H and O–H groups in total. The fraction of sp³-hybridized carbons (Fsp3) is 0.111. The van der Waals surface area contributed by atoms with Crippen molar-refractivity contribution in [1.29, 1.82) is 0 Å². The Morgan fingerprint density at radius 1 is 1.50 bits per heavy atom. The van der Waals surface area contributed by atoms with Crippen molar-refractivity contribution in [2.75, 3.05) is 7.11 Å². The number of esters is 1. The monoisotopic (exact) mass is 193 g/mol. The maximum atomic E-state index is 10.9. The van der Waals surface area contributed by atoms with E-state index >= 15 is 0 Å². The number of methoxy groups -OCH3 is 1. The Morgan fingerprint density at radius 3 is 2.79 bits per heavy atom. The highest BCUT2D eigenvalue weighted by atomic mass is 16.5. The number of carbonyl (C=O) groups is 2. The zero-order valence-electron chi connectivity index (χ0n) is 7.37. The van der Waals surface area contributed by atoms with E-state index in [9.17, 15) is 9.59 Å². The van der Waals surface area contributed by atoms with Crippen LogP contribution in [-0.4, -0.2) is 19.0 Å². The summed E-state index contributed by atoms with van der Waals surface area (Å²) in [5.41, 5.74) is 4.79. The standard InChI is InChI=1S/C9H7NO4/c1-13-9(12)7-4-2-6(14-7)3-5-8(10)11/h2,4H,1H3,(H2,10,11). The third-order valence-corrected chi connectivity index (χ3v) is 1.30. The molecule has 5 heteroatoms. The summed E-state index contributed by atoms with van der Waals surface area (Å²) in [4.78, 5) is 21.2. The van der Waals surface area contributed by atoms with Crippen molar-refractivity contribution in [2.24, 2.45) is 5.73 Å². The van der Waals surface area contributed by atoms with Crippen LogP contribution >= 0.6 is 0 Å². The van der Waals surface area contributed by atoms with E-state index in [-0.39, 0.29) is 11.5 Å². The Kier molecular flexibility index (Phi) is 2.92. The van der Waals surface area contributed by atoms with Crippen LogP contribution in [0.1, 0.15) is 16.3 Å². The van der Waals surface area contributed by atoms with Crippen molar-refractivity contribution in [3.05, 3.63) is 23.7 Å². The van der Waals surface area contributed by atoms with Gasteiger partial charge in [0.15, 0.2) is 5.76 Å². The highest BCUT2D eigenvalue weighted by Crippen LogP contribution is 2.07.